The molecule has 0 fully saturated rings. The summed E-state index contributed by atoms with van der Waals surface area (Å²) in [5, 5.41) is 11.8. The van der Waals surface area contributed by atoms with Crippen molar-refractivity contribution >= 4 is 28.1 Å². The number of rotatable bonds is 2. The number of hydrogen-bond donors (Lipinski definition) is 0. The molecule has 5 nitrogen and oxygen atoms in total. The highest BCUT2D eigenvalue weighted by Crippen LogP contribution is 2.35. The van der Waals surface area contributed by atoms with Gasteiger partial charge in [-0.1, -0.05) is 11.6 Å². The van der Waals surface area contributed by atoms with E-state index in [-0.39, 0.29) is 10.8 Å². The monoisotopic (exact) mass is 238 g/mol. The van der Waals surface area contributed by atoms with Crippen LogP contribution >= 0.6 is 11.6 Å². The number of nitro groups is 1. The van der Waals surface area contributed by atoms with Crippen molar-refractivity contribution in [3.8, 4) is 5.75 Å². The van der Waals surface area contributed by atoms with Gasteiger partial charge < -0.3 is 4.74 Å². The van der Waals surface area contributed by atoms with Crippen LogP contribution in [-0.4, -0.2) is 17.0 Å². The number of nitro benzene ring substituents is 1. The first kappa shape index (κ1) is 10.6. The first-order valence-corrected chi connectivity index (χ1v) is 4.78. The molecule has 0 N–H and O–H groups in total. The van der Waals surface area contributed by atoms with Crippen molar-refractivity contribution in [2.24, 2.45) is 0 Å². The lowest BCUT2D eigenvalue weighted by molar-refractivity contribution is -0.383. The maximum atomic E-state index is 10.8. The largest absolute Gasteiger partial charge is 0.496 e. The van der Waals surface area contributed by atoms with E-state index in [1.54, 1.807) is 6.07 Å². The van der Waals surface area contributed by atoms with Crippen LogP contribution in [-0.2, 0) is 0 Å². The zero-order chi connectivity index (χ0) is 11.7. The third-order valence-corrected chi connectivity index (χ3v) is 2.52. The molecule has 82 valence electrons. The molecule has 0 saturated carbocycles. The number of hydrogen-bond acceptors (Lipinski definition) is 4. The van der Waals surface area contributed by atoms with Crippen LogP contribution in [0.1, 0.15) is 0 Å². The summed E-state index contributed by atoms with van der Waals surface area (Å²) in [5.74, 6) is 0.532. The van der Waals surface area contributed by atoms with Gasteiger partial charge in [-0.15, -0.1) is 0 Å². The van der Waals surface area contributed by atoms with Crippen LogP contribution in [0.2, 0.25) is 5.15 Å². The van der Waals surface area contributed by atoms with E-state index in [4.69, 9.17) is 16.3 Å². The van der Waals surface area contributed by atoms with Gasteiger partial charge in [-0.25, -0.2) is 4.98 Å². The summed E-state index contributed by atoms with van der Waals surface area (Å²) in [6.07, 6.45) is 1.48. The molecule has 6 heteroatoms. The molecular formula is C10H7ClN2O3. The van der Waals surface area contributed by atoms with E-state index in [1.807, 2.05) is 0 Å². The summed E-state index contributed by atoms with van der Waals surface area (Å²) in [5.41, 5.74) is -0.0751. The molecule has 0 spiro atoms. The van der Waals surface area contributed by atoms with Crippen molar-refractivity contribution in [2.45, 2.75) is 0 Å². The van der Waals surface area contributed by atoms with E-state index in [0.717, 1.165) is 0 Å². The molecule has 0 aliphatic rings. The smallest absolute Gasteiger partial charge is 0.280 e. The van der Waals surface area contributed by atoms with Gasteiger partial charge >= 0.3 is 0 Å². The SMILES string of the molecule is COc1ccc([N+](=O)[O-])c2c(Cl)nccc12. The molecule has 0 radical (unpaired) electrons. The number of methoxy groups -OCH3 is 1. The summed E-state index contributed by atoms with van der Waals surface area (Å²) < 4.78 is 5.11. The molecule has 1 aromatic heterocycles. The Morgan fingerprint density at radius 1 is 1.44 bits per heavy atom. The number of pyridine rings is 1. The van der Waals surface area contributed by atoms with Gasteiger partial charge in [0.15, 0.2) is 0 Å². The van der Waals surface area contributed by atoms with Gasteiger partial charge in [0.05, 0.1) is 12.0 Å². The second-order valence-electron chi connectivity index (χ2n) is 3.07. The number of nitrogens with zero attached hydrogens (tertiary/aromatic N) is 2. The first-order chi connectivity index (χ1) is 7.65. The standard InChI is InChI=1S/C10H7ClN2O3/c1-16-8-3-2-7(13(14)15)9-6(8)4-5-12-10(9)11/h2-5H,1H3. The van der Waals surface area contributed by atoms with Crippen molar-refractivity contribution < 1.29 is 9.66 Å². The van der Waals surface area contributed by atoms with E-state index in [2.05, 4.69) is 4.98 Å². The topological polar surface area (TPSA) is 65.3 Å². The minimum Gasteiger partial charge on any atom is -0.496 e. The molecule has 0 aliphatic heterocycles. The van der Waals surface area contributed by atoms with Crippen LogP contribution in [0.3, 0.4) is 0 Å². The molecule has 0 atom stereocenters. The summed E-state index contributed by atoms with van der Waals surface area (Å²) in [6, 6.07) is 4.53. The van der Waals surface area contributed by atoms with Crippen LogP contribution < -0.4 is 4.74 Å². The highest BCUT2D eigenvalue weighted by molar-refractivity contribution is 6.35. The first-order valence-electron chi connectivity index (χ1n) is 4.40. The molecular weight excluding hydrogens is 232 g/mol. The summed E-state index contributed by atoms with van der Waals surface area (Å²) in [4.78, 5) is 14.2. The number of benzene rings is 1. The van der Waals surface area contributed by atoms with Crippen LogP contribution in [0.4, 0.5) is 5.69 Å². The van der Waals surface area contributed by atoms with Crippen LogP contribution in [0.25, 0.3) is 10.8 Å². The Hall–Kier alpha value is -1.88. The summed E-state index contributed by atoms with van der Waals surface area (Å²) >= 11 is 5.86. The zero-order valence-electron chi connectivity index (χ0n) is 8.31. The lowest BCUT2D eigenvalue weighted by Crippen LogP contribution is -1.93. The maximum Gasteiger partial charge on any atom is 0.280 e. The molecule has 2 rings (SSSR count). The quantitative estimate of drug-likeness (QED) is 0.458. The Morgan fingerprint density at radius 2 is 2.19 bits per heavy atom. The van der Waals surface area contributed by atoms with Crippen LogP contribution in [0.5, 0.6) is 5.75 Å². The normalized spacial score (nSPS) is 10.4. The predicted octanol–water partition coefficient (Wildman–Crippen LogP) is 2.81. The Morgan fingerprint density at radius 3 is 2.81 bits per heavy atom. The molecule has 2 aromatic rings. The summed E-state index contributed by atoms with van der Waals surface area (Å²) in [7, 11) is 1.49. The molecule has 0 bridgehead atoms. The minimum absolute atomic E-state index is 0.0751. The third kappa shape index (κ3) is 1.55. The maximum absolute atomic E-state index is 10.8. The lowest BCUT2D eigenvalue weighted by atomic mass is 10.1. The highest BCUT2D eigenvalue weighted by Gasteiger charge is 2.17. The minimum atomic E-state index is -0.491. The van der Waals surface area contributed by atoms with E-state index in [1.165, 1.54) is 25.4 Å². The van der Waals surface area contributed by atoms with Crippen LogP contribution in [0.15, 0.2) is 24.4 Å². The van der Waals surface area contributed by atoms with Gasteiger partial charge in [0.25, 0.3) is 5.69 Å². The Labute approximate surface area is 95.8 Å². The molecule has 1 heterocycles. The van der Waals surface area contributed by atoms with Gasteiger partial charge in [0, 0.05) is 17.6 Å². The van der Waals surface area contributed by atoms with Gasteiger partial charge in [-0.2, -0.15) is 0 Å². The second-order valence-corrected chi connectivity index (χ2v) is 3.43. The average Bonchev–Trinajstić information content (AvgIpc) is 2.28. The van der Waals surface area contributed by atoms with Crippen molar-refractivity contribution in [2.75, 3.05) is 7.11 Å². The number of fused-ring (bicyclic) bond motifs is 1. The van der Waals surface area contributed by atoms with Gasteiger partial charge in [-0.3, -0.25) is 10.1 Å². The lowest BCUT2D eigenvalue weighted by Gasteiger charge is -2.06. The van der Waals surface area contributed by atoms with Gasteiger partial charge in [0.1, 0.15) is 16.3 Å². The second kappa shape index (κ2) is 3.94. The molecule has 0 unspecified atom stereocenters. The number of non-ortho nitro benzene ring substituents is 1. The number of ether oxygens (including phenoxy) is 1. The van der Waals surface area contributed by atoms with E-state index in [0.29, 0.717) is 16.5 Å². The molecule has 0 aliphatic carbocycles. The molecule has 0 saturated heterocycles. The Kier molecular flexibility index (Phi) is 2.62. The fourth-order valence-electron chi connectivity index (χ4n) is 1.54. The summed E-state index contributed by atoms with van der Waals surface area (Å²) in [6.45, 7) is 0. The fourth-order valence-corrected chi connectivity index (χ4v) is 1.80. The van der Waals surface area contributed by atoms with E-state index >= 15 is 0 Å². The number of aromatic nitrogens is 1. The van der Waals surface area contributed by atoms with Gasteiger partial charge in [0.2, 0.25) is 0 Å². The highest BCUT2D eigenvalue weighted by atomic mass is 35.5. The van der Waals surface area contributed by atoms with E-state index in [9.17, 15) is 10.1 Å². The Bertz CT molecular complexity index is 571. The average molecular weight is 239 g/mol. The van der Waals surface area contributed by atoms with E-state index < -0.39 is 4.92 Å². The van der Waals surface area contributed by atoms with Crippen molar-refractivity contribution in [3.05, 3.63) is 39.7 Å². The van der Waals surface area contributed by atoms with Crippen molar-refractivity contribution in [1.29, 1.82) is 0 Å². The Balaban J connectivity index is 2.92. The molecule has 0 amide bonds. The van der Waals surface area contributed by atoms with Crippen LogP contribution in [0, 0.1) is 10.1 Å². The van der Waals surface area contributed by atoms with Gasteiger partial charge in [-0.05, 0) is 12.1 Å². The van der Waals surface area contributed by atoms with Crippen molar-refractivity contribution in [1.82, 2.24) is 4.98 Å². The predicted molar refractivity (Wildman–Crippen MR) is 60.0 cm³/mol. The number of halogens is 1. The third-order valence-electron chi connectivity index (χ3n) is 2.24. The molecule has 1 aromatic carbocycles. The fraction of sp³-hybridized carbons (Fsp3) is 0.100. The molecule has 16 heavy (non-hydrogen) atoms. The zero-order valence-corrected chi connectivity index (χ0v) is 9.06. The van der Waals surface area contributed by atoms with Crippen molar-refractivity contribution in [3.63, 3.8) is 0 Å².